The molecule has 7 heteroatoms. The summed E-state index contributed by atoms with van der Waals surface area (Å²) in [5, 5.41) is 2.99. The molecule has 7 nitrogen and oxygen atoms in total. The molecule has 4 rings (SSSR count). The van der Waals surface area contributed by atoms with E-state index in [2.05, 4.69) is 10.3 Å². The predicted octanol–water partition coefficient (Wildman–Crippen LogP) is 3.53. The summed E-state index contributed by atoms with van der Waals surface area (Å²) in [6.07, 6.45) is 5.53. The van der Waals surface area contributed by atoms with Gasteiger partial charge < -0.3 is 19.9 Å². The number of nitrogens with zero attached hydrogens (tertiary/aromatic N) is 3. The molecule has 2 fully saturated rings. The average molecular weight is 409 g/mol. The van der Waals surface area contributed by atoms with Crippen LogP contribution in [-0.2, 0) is 11.4 Å². The Kier molecular flexibility index (Phi) is 6.47. The van der Waals surface area contributed by atoms with E-state index in [9.17, 15) is 9.59 Å². The third-order valence-electron chi connectivity index (χ3n) is 5.65. The van der Waals surface area contributed by atoms with Crippen molar-refractivity contribution in [3.63, 3.8) is 0 Å². The predicted molar refractivity (Wildman–Crippen MR) is 114 cm³/mol. The van der Waals surface area contributed by atoms with Crippen LogP contribution >= 0.6 is 0 Å². The Bertz CT molecular complexity index is 868. The molecule has 1 aromatic heterocycles. The Hall–Kier alpha value is -3.09. The van der Waals surface area contributed by atoms with E-state index >= 15 is 0 Å². The zero-order valence-corrected chi connectivity index (χ0v) is 17.1. The lowest BCUT2D eigenvalue weighted by atomic mass is 9.97. The van der Waals surface area contributed by atoms with Gasteiger partial charge in [-0.25, -0.2) is 4.79 Å². The number of piperidine rings is 1. The van der Waals surface area contributed by atoms with E-state index in [0.29, 0.717) is 24.6 Å². The number of hydrogen-bond acceptors (Lipinski definition) is 4. The fraction of sp³-hybridized carbons (Fsp3) is 0.435. The molecule has 1 atom stereocenters. The van der Waals surface area contributed by atoms with Crippen LogP contribution in [0.1, 0.15) is 31.4 Å². The van der Waals surface area contributed by atoms with Crippen molar-refractivity contribution in [3.8, 4) is 5.75 Å². The first kappa shape index (κ1) is 20.2. The van der Waals surface area contributed by atoms with Crippen molar-refractivity contribution in [3.05, 3.63) is 54.4 Å². The Labute approximate surface area is 177 Å². The molecule has 2 saturated heterocycles. The maximum absolute atomic E-state index is 12.8. The molecule has 1 unspecified atom stereocenters. The first-order valence-electron chi connectivity index (χ1n) is 10.7. The molecule has 0 radical (unpaired) electrons. The molecule has 2 aromatic rings. The third-order valence-corrected chi connectivity index (χ3v) is 5.65. The SMILES string of the molecule is O=C(Nc1cccc(OCc2ccccn2)c1)C1CCCN(C(=O)N2CCCC2)C1. The quantitative estimate of drug-likeness (QED) is 0.821. The van der Waals surface area contributed by atoms with Crippen LogP contribution in [0.5, 0.6) is 5.75 Å². The molecule has 2 aliphatic heterocycles. The van der Waals surface area contributed by atoms with Gasteiger partial charge in [0, 0.05) is 44.1 Å². The number of urea groups is 1. The van der Waals surface area contributed by atoms with Crippen LogP contribution in [0.15, 0.2) is 48.7 Å². The van der Waals surface area contributed by atoms with E-state index in [4.69, 9.17) is 4.74 Å². The summed E-state index contributed by atoms with van der Waals surface area (Å²) < 4.78 is 5.79. The number of pyridine rings is 1. The standard InChI is InChI=1S/C23H28N4O3/c28-22(18-7-6-14-27(16-18)23(29)26-12-3-4-13-26)25-19-9-5-10-21(15-19)30-17-20-8-1-2-11-24-20/h1-2,5,8-11,15,18H,3-4,6-7,12-14,16-17H2,(H,25,28). The van der Waals surface area contributed by atoms with Crippen LogP contribution in [0.2, 0.25) is 0 Å². The van der Waals surface area contributed by atoms with Crippen molar-refractivity contribution >= 4 is 17.6 Å². The highest BCUT2D eigenvalue weighted by Gasteiger charge is 2.31. The van der Waals surface area contributed by atoms with Crippen LogP contribution in [0.3, 0.4) is 0 Å². The molecule has 3 heterocycles. The fourth-order valence-corrected chi connectivity index (χ4v) is 4.02. The Morgan fingerprint density at radius 1 is 1.03 bits per heavy atom. The number of rotatable bonds is 5. The summed E-state index contributed by atoms with van der Waals surface area (Å²) in [4.78, 5) is 33.5. The summed E-state index contributed by atoms with van der Waals surface area (Å²) >= 11 is 0. The lowest BCUT2D eigenvalue weighted by Gasteiger charge is -2.34. The minimum Gasteiger partial charge on any atom is -0.487 e. The third kappa shape index (κ3) is 5.09. The van der Waals surface area contributed by atoms with E-state index in [1.807, 2.05) is 52.3 Å². The molecule has 158 valence electrons. The number of ether oxygens (including phenoxy) is 1. The van der Waals surface area contributed by atoms with Crippen LogP contribution in [0.4, 0.5) is 10.5 Å². The van der Waals surface area contributed by atoms with E-state index < -0.39 is 0 Å². The summed E-state index contributed by atoms with van der Waals surface area (Å²) in [5.41, 5.74) is 1.54. The number of nitrogens with one attached hydrogen (secondary N) is 1. The minimum atomic E-state index is -0.191. The topological polar surface area (TPSA) is 74.8 Å². The van der Waals surface area contributed by atoms with Gasteiger partial charge in [0.2, 0.25) is 5.91 Å². The lowest BCUT2D eigenvalue weighted by molar-refractivity contribution is -0.121. The zero-order valence-electron chi connectivity index (χ0n) is 17.1. The second kappa shape index (κ2) is 9.61. The fourth-order valence-electron chi connectivity index (χ4n) is 4.02. The highest BCUT2D eigenvalue weighted by Crippen LogP contribution is 2.23. The molecule has 30 heavy (non-hydrogen) atoms. The van der Waals surface area contributed by atoms with Crippen molar-refractivity contribution in [2.45, 2.75) is 32.3 Å². The lowest BCUT2D eigenvalue weighted by Crippen LogP contribution is -2.48. The highest BCUT2D eigenvalue weighted by atomic mass is 16.5. The number of anilines is 1. The maximum Gasteiger partial charge on any atom is 0.320 e. The number of likely N-dealkylation sites (tertiary alicyclic amines) is 2. The molecule has 1 aromatic carbocycles. The normalized spacial score (nSPS) is 18.9. The summed E-state index contributed by atoms with van der Waals surface area (Å²) in [6.45, 7) is 3.25. The van der Waals surface area contributed by atoms with Crippen molar-refractivity contribution in [1.82, 2.24) is 14.8 Å². The summed E-state index contributed by atoms with van der Waals surface area (Å²) in [5.74, 6) is 0.437. The molecule has 0 bridgehead atoms. The number of carbonyl (C=O) groups is 2. The van der Waals surface area contributed by atoms with Gasteiger partial charge in [-0.15, -0.1) is 0 Å². The molecule has 2 aliphatic rings. The van der Waals surface area contributed by atoms with Crippen molar-refractivity contribution in [1.29, 1.82) is 0 Å². The maximum atomic E-state index is 12.8. The van der Waals surface area contributed by atoms with E-state index in [1.165, 1.54) is 0 Å². The largest absolute Gasteiger partial charge is 0.487 e. The van der Waals surface area contributed by atoms with Crippen LogP contribution < -0.4 is 10.1 Å². The number of aromatic nitrogens is 1. The molecule has 3 amide bonds. The number of amides is 3. The summed E-state index contributed by atoms with van der Waals surface area (Å²) in [6, 6.07) is 13.1. The first-order valence-corrected chi connectivity index (χ1v) is 10.7. The van der Waals surface area contributed by atoms with Gasteiger partial charge in [0.1, 0.15) is 12.4 Å². The second-order valence-corrected chi connectivity index (χ2v) is 7.89. The molecular formula is C23H28N4O3. The van der Waals surface area contributed by atoms with Gasteiger partial charge in [-0.05, 0) is 49.9 Å². The zero-order chi connectivity index (χ0) is 20.8. The van der Waals surface area contributed by atoms with Gasteiger partial charge in [-0.1, -0.05) is 12.1 Å². The molecule has 0 aliphatic carbocycles. The smallest absolute Gasteiger partial charge is 0.320 e. The van der Waals surface area contributed by atoms with Crippen LogP contribution in [-0.4, -0.2) is 52.9 Å². The van der Waals surface area contributed by atoms with Crippen molar-refractivity contribution in [2.75, 3.05) is 31.5 Å². The second-order valence-electron chi connectivity index (χ2n) is 7.89. The van der Waals surface area contributed by atoms with Gasteiger partial charge in [-0.3, -0.25) is 9.78 Å². The minimum absolute atomic E-state index is 0.0456. The van der Waals surface area contributed by atoms with Gasteiger partial charge in [0.25, 0.3) is 0 Å². The number of carbonyl (C=O) groups excluding carboxylic acids is 2. The Balaban J connectivity index is 1.32. The average Bonchev–Trinajstić information content (AvgIpc) is 3.33. The molecule has 0 spiro atoms. The van der Waals surface area contributed by atoms with Crippen LogP contribution in [0, 0.1) is 5.92 Å². The van der Waals surface area contributed by atoms with Gasteiger partial charge in [0.15, 0.2) is 0 Å². The van der Waals surface area contributed by atoms with Gasteiger partial charge in [-0.2, -0.15) is 0 Å². The van der Waals surface area contributed by atoms with Gasteiger partial charge >= 0.3 is 6.03 Å². The Morgan fingerprint density at radius 2 is 1.87 bits per heavy atom. The molecule has 1 N–H and O–H groups in total. The van der Waals surface area contributed by atoms with Crippen molar-refractivity contribution in [2.24, 2.45) is 5.92 Å². The van der Waals surface area contributed by atoms with Crippen LogP contribution in [0.25, 0.3) is 0 Å². The van der Waals surface area contributed by atoms with E-state index in [1.54, 1.807) is 6.20 Å². The Morgan fingerprint density at radius 3 is 2.67 bits per heavy atom. The monoisotopic (exact) mass is 408 g/mol. The number of hydrogen-bond donors (Lipinski definition) is 1. The van der Waals surface area contributed by atoms with Gasteiger partial charge in [0.05, 0.1) is 11.6 Å². The highest BCUT2D eigenvalue weighted by molar-refractivity contribution is 5.93. The van der Waals surface area contributed by atoms with E-state index in [-0.39, 0.29) is 17.9 Å². The molecular weight excluding hydrogens is 380 g/mol. The van der Waals surface area contributed by atoms with Crippen molar-refractivity contribution < 1.29 is 14.3 Å². The first-order chi connectivity index (χ1) is 14.7. The number of benzene rings is 1. The summed E-state index contributed by atoms with van der Waals surface area (Å²) in [7, 11) is 0. The molecule has 0 saturated carbocycles. The van der Waals surface area contributed by atoms with E-state index in [0.717, 1.165) is 51.0 Å².